The Morgan fingerprint density at radius 3 is 2.77 bits per heavy atom. The molecule has 26 heavy (non-hydrogen) atoms. The summed E-state index contributed by atoms with van der Waals surface area (Å²) in [6.45, 7) is 8.52. The van der Waals surface area contributed by atoms with Gasteiger partial charge in [0.15, 0.2) is 0 Å². The molecule has 0 fully saturated rings. The number of thioether (sulfide) groups is 1. The van der Waals surface area contributed by atoms with Gasteiger partial charge in [-0.15, -0.1) is 11.3 Å². The molecule has 0 bridgehead atoms. The predicted molar refractivity (Wildman–Crippen MR) is 109 cm³/mol. The van der Waals surface area contributed by atoms with Gasteiger partial charge in [-0.3, -0.25) is 4.79 Å². The second-order valence-corrected chi connectivity index (χ2v) is 7.97. The number of fused-ring (bicyclic) bond motifs is 1. The third-order valence-corrected chi connectivity index (χ3v) is 5.98. The van der Waals surface area contributed by atoms with Crippen molar-refractivity contribution in [1.29, 1.82) is 0 Å². The largest absolute Gasteiger partial charge is 0.492 e. The first kappa shape index (κ1) is 18.7. The van der Waals surface area contributed by atoms with Crippen molar-refractivity contribution in [3.63, 3.8) is 0 Å². The maximum atomic E-state index is 12.4. The summed E-state index contributed by atoms with van der Waals surface area (Å²) in [4.78, 5) is 23.7. The van der Waals surface area contributed by atoms with Crippen LogP contribution in [-0.4, -0.2) is 28.2 Å². The Morgan fingerprint density at radius 1 is 1.23 bits per heavy atom. The van der Waals surface area contributed by atoms with Crippen molar-refractivity contribution in [3.8, 4) is 5.75 Å². The second-order valence-electron chi connectivity index (χ2n) is 5.81. The molecule has 5 nitrogen and oxygen atoms in total. The van der Waals surface area contributed by atoms with Crippen molar-refractivity contribution < 1.29 is 9.53 Å². The molecule has 1 N–H and O–H groups in total. The number of nitrogens with one attached hydrogen (secondary N) is 1. The summed E-state index contributed by atoms with van der Waals surface area (Å²) < 4.78 is 5.55. The molecule has 0 aliphatic carbocycles. The topological polar surface area (TPSA) is 64.1 Å². The van der Waals surface area contributed by atoms with E-state index in [0.717, 1.165) is 21.1 Å². The van der Waals surface area contributed by atoms with Crippen LogP contribution in [0.1, 0.15) is 23.2 Å². The summed E-state index contributed by atoms with van der Waals surface area (Å²) in [5, 5.41) is 4.85. The van der Waals surface area contributed by atoms with Crippen LogP contribution >= 0.6 is 23.1 Å². The molecule has 3 rings (SSSR count). The summed E-state index contributed by atoms with van der Waals surface area (Å²) in [5.74, 6) is 1.60. The first-order valence-corrected chi connectivity index (χ1v) is 10.2. The number of benzene rings is 1. The first-order valence-electron chi connectivity index (χ1n) is 8.38. The van der Waals surface area contributed by atoms with E-state index in [9.17, 15) is 4.79 Å². The number of thiophene rings is 1. The number of anilines is 1. The fourth-order valence-electron chi connectivity index (χ4n) is 2.59. The van der Waals surface area contributed by atoms with Gasteiger partial charge in [-0.05, 0) is 45.4 Å². The van der Waals surface area contributed by atoms with E-state index in [2.05, 4.69) is 29.1 Å². The Bertz CT molecular complexity index is 953. The van der Waals surface area contributed by atoms with Crippen LogP contribution in [0.3, 0.4) is 0 Å². The number of hydrogen-bond acceptors (Lipinski definition) is 6. The first-order chi connectivity index (χ1) is 12.5. The number of carbonyl (C=O) groups is 1. The number of nitrogens with zero attached hydrogens (tertiary/aromatic N) is 2. The van der Waals surface area contributed by atoms with Crippen LogP contribution in [0.15, 0.2) is 29.3 Å². The van der Waals surface area contributed by atoms with Gasteiger partial charge >= 0.3 is 0 Å². The van der Waals surface area contributed by atoms with Crippen molar-refractivity contribution in [1.82, 2.24) is 9.97 Å². The maximum absolute atomic E-state index is 12.4. The van der Waals surface area contributed by atoms with Gasteiger partial charge in [-0.2, -0.15) is 0 Å². The fourth-order valence-corrected chi connectivity index (χ4v) is 4.66. The van der Waals surface area contributed by atoms with Crippen molar-refractivity contribution in [2.75, 3.05) is 17.7 Å². The van der Waals surface area contributed by atoms with E-state index in [0.29, 0.717) is 18.0 Å². The van der Waals surface area contributed by atoms with Crippen molar-refractivity contribution in [2.24, 2.45) is 0 Å². The molecule has 0 unspecified atom stereocenters. The molecule has 0 aliphatic heterocycles. The van der Waals surface area contributed by atoms with E-state index in [1.165, 1.54) is 22.2 Å². The van der Waals surface area contributed by atoms with E-state index < -0.39 is 0 Å². The van der Waals surface area contributed by atoms with Crippen LogP contribution in [0, 0.1) is 20.8 Å². The third-order valence-electron chi connectivity index (χ3n) is 3.91. The zero-order valence-electron chi connectivity index (χ0n) is 15.3. The predicted octanol–water partition coefficient (Wildman–Crippen LogP) is 4.75. The number of hydrogen-bond donors (Lipinski definition) is 1. The lowest BCUT2D eigenvalue weighted by molar-refractivity contribution is -0.113. The maximum Gasteiger partial charge on any atom is 0.234 e. The van der Waals surface area contributed by atoms with Crippen LogP contribution in [-0.2, 0) is 4.79 Å². The molecular weight excluding hydrogens is 366 g/mol. The summed E-state index contributed by atoms with van der Waals surface area (Å²) >= 11 is 3.11. The highest BCUT2D eigenvalue weighted by Crippen LogP contribution is 2.35. The van der Waals surface area contributed by atoms with Crippen LogP contribution in [0.2, 0.25) is 0 Å². The Kier molecular flexibility index (Phi) is 5.78. The fraction of sp³-hybridized carbons (Fsp3) is 0.316. The molecule has 3 aromatic rings. The van der Waals surface area contributed by atoms with Gasteiger partial charge < -0.3 is 10.1 Å². The number of para-hydroxylation sites is 2. The molecule has 0 radical (unpaired) electrons. The molecule has 0 saturated heterocycles. The molecule has 0 atom stereocenters. The number of carbonyl (C=O) groups excluding carboxylic acids is 1. The highest BCUT2D eigenvalue weighted by molar-refractivity contribution is 8.00. The molecule has 1 aromatic carbocycles. The summed E-state index contributed by atoms with van der Waals surface area (Å²) in [5.41, 5.74) is 1.88. The molecular formula is C19H21N3O2S2. The van der Waals surface area contributed by atoms with Crippen molar-refractivity contribution in [3.05, 3.63) is 40.5 Å². The Morgan fingerprint density at radius 2 is 2.00 bits per heavy atom. The Labute approximate surface area is 161 Å². The van der Waals surface area contributed by atoms with E-state index in [4.69, 9.17) is 4.74 Å². The third kappa shape index (κ3) is 3.99. The lowest BCUT2D eigenvalue weighted by Gasteiger charge is -2.11. The molecule has 2 aromatic heterocycles. The highest BCUT2D eigenvalue weighted by Gasteiger charge is 2.15. The van der Waals surface area contributed by atoms with E-state index in [-0.39, 0.29) is 11.7 Å². The van der Waals surface area contributed by atoms with Gasteiger partial charge in [0.2, 0.25) is 5.91 Å². The van der Waals surface area contributed by atoms with Gasteiger partial charge in [0.05, 0.1) is 18.0 Å². The molecule has 2 heterocycles. The summed E-state index contributed by atoms with van der Waals surface area (Å²) in [6.07, 6.45) is 0. The molecule has 0 aliphatic rings. The Hall–Kier alpha value is -2.12. The highest BCUT2D eigenvalue weighted by atomic mass is 32.2. The minimum Gasteiger partial charge on any atom is -0.492 e. The zero-order valence-corrected chi connectivity index (χ0v) is 16.9. The quantitative estimate of drug-likeness (QED) is 0.489. The van der Waals surface area contributed by atoms with E-state index in [1.54, 1.807) is 11.3 Å². The molecule has 7 heteroatoms. The zero-order chi connectivity index (χ0) is 18.7. The van der Waals surface area contributed by atoms with E-state index in [1.807, 2.05) is 38.1 Å². The van der Waals surface area contributed by atoms with Gasteiger partial charge in [0, 0.05) is 10.3 Å². The average molecular weight is 388 g/mol. The lowest BCUT2D eigenvalue weighted by atomic mass is 10.2. The van der Waals surface area contributed by atoms with Gasteiger partial charge in [-0.1, -0.05) is 23.9 Å². The SMILES string of the molecule is CCOc1ccccc1NC(=O)CSc1nc(C)nc2sc(C)c(C)c12. The number of aromatic nitrogens is 2. The molecule has 0 spiro atoms. The normalized spacial score (nSPS) is 10.9. The number of aryl methyl sites for hydroxylation is 3. The Balaban J connectivity index is 1.75. The van der Waals surface area contributed by atoms with Crippen molar-refractivity contribution in [2.45, 2.75) is 32.7 Å². The van der Waals surface area contributed by atoms with Gasteiger partial charge in [-0.25, -0.2) is 9.97 Å². The average Bonchev–Trinajstić information content (AvgIpc) is 2.89. The lowest BCUT2D eigenvalue weighted by Crippen LogP contribution is -2.15. The minimum atomic E-state index is -0.0869. The monoisotopic (exact) mass is 387 g/mol. The smallest absolute Gasteiger partial charge is 0.234 e. The molecule has 0 saturated carbocycles. The summed E-state index contributed by atoms with van der Waals surface area (Å²) in [7, 11) is 0. The van der Waals surface area contributed by atoms with Crippen LogP contribution in [0.25, 0.3) is 10.2 Å². The minimum absolute atomic E-state index is 0.0869. The van der Waals surface area contributed by atoms with Crippen LogP contribution in [0.4, 0.5) is 5.69 Å². The van der Waals surface area contributed by atoms with Crippen molar-refractivity contribution >= 4 is 44.9 Å². The molecule has 1 amide bonds. The second kappa shape index (κ2) is 8.05. The van der Waals surface area contributed by atoms with Gasteiger partial charge in [0.1, 0.15) is 21.4 Å². The molecule has 136 valence electrons. The van der Waals surface area contributed by atoms with Crippen LogP contribution < -0.4 is 10.1 Å². The summed E-state index contributed by atoms with van der Waals surface area (Å²) in [6, 6.07) is 7.45. The van der Waals surface area contributed by atoms with Crippen LogP contribution in [0.5, 0.6) is 5.75 Å². The number of ether oxygens (including phenoxy) is 1. The van der Waals surface area contributed by atoms with E-state index >= 15 is 0 Å². The number of amides is 1. The van der Waals surface area contributed by atoms with Gasteiger partial charge in [0.25, 0.3) is 0 Å². The number of rotatable bonds is 6. The standard InChI is InChI=1S/C19H21N3O2S2/c1-5-24-15-9-7-6-8-14(15)22-16(23)10-25-18-17-11(2)12(3)26-19(17)21-13(4)20-18/h6-9H,5,10H2,1-4H3,(H,22,23).